The second-order valence-corrected chi connectivity index (χ2v) is 18.7. The predicted octanol–water partition coefficient (Wildman–Crippen LogP) is -4.32. The van der Waals surface area contributed by atoms with Crippen LogP contribution < -0.4 is 48.3 Å². The summed E-state index contributed by atoms with van der Waals surface area (Å²) in [4.78, 5) is 187. The largest absolute Gasteiger partial charge is 0.481 e. The van der Waals surface area contributed by atoms with Gasteiger partial charge in [-0.25, -0.2) is 0 Å². The molecule has 3 aliphatic heterocycles. The molecular weight excluding hydrogens is 967 g/mol. The van der Waals surface area contributed by atoms with E-state index in [2.05, 4.69) is 42.5 Å². The normalized spacial score (nSPS) is 27.4. The molecule has 28 heteroatoms. The number of nitrogens with zero attached hydrogens (tertiary/aromatic N) is 2. The minimum Gasteiger partial charge on any atom is -0.481 e. The third-order valence-corrected chi connectivity index (χ3v) is 12.8. The molecule has 3 rings (SSSR count). The zero-order chi connectivity index (χ0) is 54.9. The molecule has 0 saturated carbocycles. The van der Waals surface area contributed by atoms with Gasteiger partial charge in [0.05, 0.1) is 13.0 Å². The highest BCUT2D eigenvalue weighted by Gasteiger charge is 2.42. The molecule has 0 aromatic heterocycles. The van der Waals surface area contributed by atoms with Crippen molar-refractivity contribution in [2.24, 2.45) is 17.6 Å². The maximum atomic E-state index is 14.2. The van der Waals surface area contributed by atoms with Gasteiger partial charge in [-0.05, 0) is 63.7 Å². The van der Waals surface area contributed by atoms with Crippen LogP contribution in [-0.4, -0.2) is 182 Å². The minimum atomic E-state index is -1.92. The lowest BCUT2D eigenvalue weighted by Crippen LogP contribution is -2.62. The lowest BCUT2D eigenvalue weighted by atomic mass is 9.95. The zero-order valence-electron chi connectivity index (χ0n) is 41.5. The Morgan fingerprint density at radius 2 is 1.03 bits per heavy atom. The standard InChI is InChI=1S/C45H69N11O17/c1-6-22(4)36-43(71)51-26(13-16-33(61)62)45(73)56-18-7-9-28(56)40(68)47-20-31(58)49-24(12-15-32(59)60)37(65)52-27(19-34(63)64)39(67)48-23(5)44(72)55-17-8-10-29(55)41(69)50-25(11-14-30(46)57)38(66)53-35(21(2)3)42(70)54-36/h21-29,35-36H,6-20H2,1-5H3,(H2,46,57)(H,47,68)(H,48,67)(H,49,58)(H,50,69)(H,51,71)(H,52,65)(H,53,66)(H,54,70)(H,59,60)(H,61,62)(H,63,64)/t22-,23-,24-,25+,26-,27-,28-,29-,35-,36-/m0/s1. The summed E-state index contributed by atoms with van der Waals surface area (Å²) < 4.78 is 0. The summed E-state index contributed by atoms with van der Waals surface area (Å²) in [7, 11) is 0. The number of amides is 11. The molecule has 3 fully saturated rings. The molecule has 0 aromatic rings. The molecule has 13 N–H and O–H groups in total. The van der Waals surface area contributed by atoms with E-state index in [1.807, 2.05) is 0 Å². The van der Waals surface area contributed by atoms with E-state index in [1.54, 1.807) is 27.7 Å². The Hall–Kier alpha value is -7.42. The first kappa shape index (κ1) is 59.9. The highest BCUT2D eigenvalue weighted by atomic mass is 16.4. The van der Waals surface area contributed by atoms with Crippen LogP contribution in [0.1, 0.15) is 112 Å². The number of carbonyl (C=O) groups is 14. The third kappa shape index (κ3) is 18.0. The Balaban J connectivity index is 2.11. The first-order valence-electron chi connectivity index (χ1n) is 24.2. The molecule has 3 aliphatic rings. The number of carboxylic acids is 3. The highest BCUT2D eigenvalue weighted by molar-refractivity contribution is 6.00. The van der Waals surface area contributed by atoms with Crippen molar-refractivity contribution in [3.63, 3.8) is 0 Å². The van der Waals surface area contributed by atoms with E-state index in [0.717, 1.165) is 9.80 Å². The van der Waals surface area contributed by atoms with Crippen LogP contribution in [-0.2, 0) is 67.1 Å². The zero-order valence-corrected chi connectivity index (χ0v) is 41.5. The van der Waals surface area contributed by atoms with Crippen LogP contribution in [0.5, 0.6) is 0 Å². The molecule has 10 atom stereocenters. The molecule has 11 amide bonds. The summed E-state index contributed by atoms with van der Waals surface area (Å²) in [5.74, 6) is -16.2. The topological polar surface area (TPSA) is 428 Å². The van der Waals surface area contributed by atoms with Gasteiger partial charge < -0.3 is 73.4 Å². The first-order chi connectivity index (χ1) is 34.2. The molecule has 28 nitrogen and oxygen atoms in total. The van der Waals surface area contributed by atoms with E-state index in [1.165, 1.54) is 6.92 Å². The number of carboxylic acid groups (broad SMARTS) is 3. The molecule has 3 saturated heterocycles. The van der Waals surface area contributed by atoms with E-state index in [0.29, 0.717) is 0 Å². The van der Waals surface area contributed by atoms with Crippen molar-refractivity contribution < 1.29 is 82.4 Å². The van der Waals surface area contributed by atoms with Crippen molar-refractivity contribution >= 4 is 82.9 Å². The Bertz CT molecular complexity index is 2140. The summed E-state index contributed by atoms with van der Waals surface area (Å²) in [6, 6.07) is -13.5. The van der Waals surface area contributed by atoms with Crippen LogP contribution in [0.4, 0.5) is 0 Å². The molecule has 406 valence electrons. The number of aliphatic carboxylic acids is 3. The molecule has 0 aliphatic carbocycles. The van der Waals surface area contributed by atoms with E-state index >= 15 is 0 Å². The number of nitrogens with one attached hydrogen (secondary N) is 8. The fraction of sp³-hybridized carbons (Fsp3) is 0.689. The summed E-state index contributed by atoms with van der Waals surface area (Å²) in [6.45, 7) is 6.77. The van der Waals surface area contributed by atoms with Gasteiger partial charge in [0.2, 0.25) is 65.0 Å². The van der Waals surface area contributed by atoms with Gasteiger partial charge in [-0.2, -0.15) is 0 Å². The van der Waals surface area contributed by atoms with Gasteiger partial charge in [0.15, 0.2) is 0 Å². The average molecular weight is 1040 g/mol. The molecule has 0 radical (unpaired) electrons. The van der Waals surface area contributed by atoms with Crippen LogP contribution in [0.15, 0.2) is 0 Å². The number of carbonyl (C=O) groups excluding carboxylic acids is 11. The number of primary amides is 1. The Morgan fingerprint density at radius 3 is 1.58 bits per heavy atom. The van der Waals surface area contributed by atoms with Crippen LogP contribution in [0.3, 0.4) is 0 Å². The quantitative estimate of drug-likeness (QED) is 0.0783. The van der Waals surface area contributed by atoms with Crippen LogP contribution in [0, 0.1) is 11.8 Å². The molecule has 0 spiro atoms. The van der Waals surface area contributed by atoms with Crippen LogP contribution in [0.2, 0.25) is 0 Å². The van der Waals surface area contributed by atoms with Gasteiger partial charge in [0, 0.05) is 32.4 Å². The van der Waals surface area contributed by atoms with Crippen LogP contribution in [0.25, 0.3) is 0 Å². The summed E-state index contributed by atoms with van der Waals surface area (Å²) >= 11 is 0. The van der Waals surface area contributed by atoms with Crippen molar-refractivity contribution in [3.8, 4) is 0 Å². The van der Waals surface area contributed by atoms with Crippen molar-refractivity contribution in [1.82, 2.24) is 52.3 Å². The van der Waals surface area contributed by atoms with Gasteiger partial charge in [-0.15, -0.1) is 0 Å². The second kappa shape index (κ2) is 28.0. The lowest BCUT2D eigenvalue weighted by Gasteiger charge is -2.32. The fourth-order valence-electron chi connectivity index (χ4n) is 8.50. The Morgan fingerprint density at radius 1 is 0.562 bits per heavy atom. The maximum Gasteiger partial charge on any atom is 0.305 e. The Labute approximate surface area is 420 Å². The average Bonchev–Trinajstić information content (AvgIpc) is 4.02. The number of rotatable bonds is 14. The number of hydrogen-bond acceptors (Lipinski definition) is 14. The molecule has 73 heavy (non-hydrogen) atoms. The van der Waals surface area contributed by atoms with Gasteiger partial charge in [-0.3, -0.25) is 67.1 Å². The SMILES string of the molecule is CC[C@H](C)[C@@H]1NC(=O)[C@H](C(C)C)NC(=O)[C@@H](CCC(N)=O)NC(=O)[C@@H]2CCCN2C(=O)[C@H](C)NC(=O)[C@H](CC(=O)O)NC(=O)[C@H](CCC(=O)O)NC(=O)CNC(=O)[C@@H]2CCCN2C(=O)[C@H](CCC(=O)O)NC1=O. The van der Waals surface area contributed by atoms with Gasteiger partial charge in [-0.1, -0.05) is 34.1 Å². The van der Waals surface area contributed by atoms with Crippen molar-refractivity contribution in [2.45, 2.75) is 166 Å². The van der Waals surface area contributed by atoms with Gasteiger partial charge >= 0.3 is 17.9 Å². The first-order valence-corrected chi connectivity index (χ1v) is 24.2. The minimum absolute atomic E-state index is 0.0239. The maximum absolute atomic E-state index is 14.2. The summed E-state index contributed by atoms with van der Waals surface area (Å²) in [6.07, 6.45) is -3.31. The van der Waals surface area contributed by atoms with E-state index < -0.39 is 194 Å². The van der Waals surface area contributed by atoms with Crippen molar-refractivity contribution in [3.05, 3.63) is 0 Å². The molecule has 0 aromatic carbocycles. The van der Waals surface area contributed by atoms with Crippen molar-refractivity contribution in [1.29, 1.82) is 0 Å². The number of fused-ring (bicyclic) bond motifs is 2. The lowest BCUT2D eigenvalue weighted by molar-refractivity contribution is -0.144. The molecule has 0 bridgehead atoms. The Kier molecular flexibility index (Phi) is 23.0. The number of nitrogens with two attached hydrogens (primary N) is 1. The monoisotopic (exact) mass is 1040 g/mol. The number of hydrogen-bond donors (Lipinski definition) is 12. The van der Waals surface area contributed by atoms with Crippen LogP contribution >= 0.6 is 0 Å². The highest BCUT2D eigenvalue weighted by Crippen LogP contribution is 2.22. The molecule has 3 heterocycles. The van der Waals surface area contributed by atoms with Gasteiger partial charge in [0.25, 0.3) is 0 Å². The van der Waals surface area contributed by atoms with Crippen molar-refractivity contribution in [2.75, 3.05) is 19.6 Å². The van der Waals surface area contributed by atoms with E-state index in [9.17, 15) is 82.4 Å². The van der Waals surface area contributed by atoms with Gasteiger partial charge in [0.1, 0.15) is 54.4 Å². The molecule has 0 unspecified atom stereocenters. The fourth-order valence-corrected chi connectivity index (χ4v) is 8.50. The van der Waals surface area contributed by atoms with E-state index in [4.69, 9.17) is 5.73 Å². The summed E-state index contributed by atoms with van der Waals surface area (Å²) in [5, 5.41) is 47.9. The van der Waals surface area contributed by atoms with E-state index in [-0.39, 0.29) is 51.6 Å². The second-order valence-electron chi connectivity index (χ2n) is 18.7. The molecular formula is C45H69N11O17. The third-order valence-electron chi connectivity index (χ3n) is 12.8. The summed E-state index contributed by atoms with van der Waals surface area (Å²) in [5.41, 5.74) is 5.39. The smallest absolute Gasteiger partial charge is 0.305 e. The predicted molar refractivity (Wildman–Crippen MR) is 250 cm³/mol.